The Labute approximate surface area is 182 Å². The first-order valence-electron chi connectivity index (χ1n) is 10.3. The molecule has 1 heterocycles. The molecule has 0 bridgehead atoms. The molecule has 0 saturated heterocycles. The van der Waals surface area contributed by atoms with Gasteiger partial charge in [0.15, 0.2) is 5.60 Å². The smallest absolute Gasteiger partial charge is 0.348 e. The molecule has 1 N–H and O–H groups in total. The second kappa shape index (κ2) is 9.71. The molecular formula is C25H28N2O4. The van der Waals surface area contributed by atoms with Gasteiger partial charge in [-0.15, -0.1) is 0 Å². The highest BCUT2D eigenvalue weighted by molar-refractivity contribution is 5.76. The van der Waals surface area contributed by atoms with E-state index in [0.29, 0.717) is 29.1 Å². The number of carbonyl (C=O) groups is 1. The summed E-state index contributed by atoms with van der Waals surface area (Å²) in [5.41, 5.74) is 1.34. The van der Waals surface area contributed by atoms with Gasteiger partial charge in [-0.1, -0.05) is 74.5 Å². The average molecular weight is 421 g/mol. The second-order valence-corrected chi connectivity index (χ2v) is 7.94. The van der Waals surface area contributed by atoms with Crippen molar-refractivity contribution >= 4 is 5.97 Å². The van der Waals surface area contributed by atoms with Gasteiger partial charge in [0, 0.05) is 11.4 Å². The summed E-state index contributed by atoms with van der Waals surface area (Å²) < 4.78 is 12.5. The van der Waals surface area contributed by atoms with Crippen LogP contribution >= 0.6 is 0 Å². The van der Waals surface area contributed by atoms with Gasteiger partial charge in [0.2, 0.25) is 6.10 Å². The lowest BCUT2D eigenvalue weighted by Gasteiger charge is -2.39. The maximum absolute atomic E-state index is 12.7. The molecule has 0 radical (unpaired) electrons. The van der Waals surface area contributed by atoms with E-state index in [0.717, 1.165) is 0 Å². The largest absolute Gasteiger partial charge is 0.478 e. The zero-order valence-electron chi connectivity index (χ0n) is 18.3. The molecule has 1 atom stereocenters. The molecule has 0 aliphatic rings. The number of aliphatic carboxylic acids is 1. The number of benzene rings is 2. The van der Waals surface area contributed by atoms with E-state index < -0.39 is 17.7 Å². The van der Waals surface area contributed by atoms with Crippen LogP contribution in [-0.4, -0.2) is 33.8 Å². The van der Waals surface area contributed by atoms with E-state index in [1.165, 1.54) is 0 Å². The zero-order chi connectivity index (χ0) is 22.4. The van der Waals surface area contributed by atoms with Crippen LogP contribution in [0.2, 0.25) is 0 Å². The van der Waals surface area contributed by atoms with Gasteiger partial charge >= 0.3 is 12.0 Å². The van der Waals surface area contributed by atoms with E-state index >= 15 is 0 Å². The highest BCUT2D eigenvalue weighted by atomic mass is 16.6. The summed E-state index contributed by atoms with van der Waals surface area (Å²) in [7, 11) is 0. The number of carboxylic acids is 1. The van der Waals surface area contributed by atoms with E-state index in [1.54, 1.807) is 6.07 Å². The van der Waals surface area contributed by atoms with Crippen LogP contribution in [0.3, 0.4) is 0 Å². The normalized spacial score (nSPS) is 12.5. The van der Waals surface area contributed by atoms with Crippen molar-refractivity contribution < 1.29 is 19.4 Å². The number of aryl methyl sites for hydroxylation is 2. The summed E-state index contributed by atoms with van der Waals surface area (Å²) >= 11 is 0. The van der Waals surface area contributed by atoms with Crippen molar-refractivity contribution in [2.45, 2.75) is 39.4 Å². The number of hydrogen-bond acceptors (Lipinski definition) is 5. The molecule has 0 aliphatic carbocycles. The molecule has 6 heteroatoms. The summed E-state index contributed by atoms with van der Waals surface area (Å²) in [6, 6.07) is 20.4. The fraction of sp³-hybridized carbons (Fsp3) is 0.320. The third kappa shape index (κ3) is 5.09. The molecule has 6 nitrogen and oxygen atoms in total. The van der Waals surface area contributed by atoms with E-state index in [9.17, 15) is 9.90 Å². The Kier molecular flexibility index (Phi) is 7.02. The molecule has 0 unspecified atom stereocenters. The Hall–Kier alpha value is -3.25. The van der Waals surface area contributed by atoms with Crippen LogP contribution < -0.4 is 4.74 Å². The van der Waals surface area contributed by atoms with Crippen LogP contribution in [0.5, 0.6) is 6.01 Å². The molecular weight excluding hydrogens is 392 g/mol. The lowest BCUT2D eigenvalue weighted by atomic mass is 9.81. The molecule has 0 saturated carbocycles. The van der Waals surface area contributed by atoms with Crippen molar-refractivity contribution in [3.05, 3.63) is 89.2 Å². The average Bonchev–Trinajstić information content (AvgIpc) is 2.74. The van der Waals surface area contributed by atoms with Crippen LogP contribution in [-0.2, 0) is 15.1 Å². The summed E-state index contributed by atoms with van der Waals surface area (Å²) in [5.74, 6) is -0.988. The predicted octanol–water partition coefficient (Wildman–Crippen LogP) is 4.54. The summed E-state index contributed by atoms with van der Waals surface area (Å²) in [4.78, 5) is 21.3. The quantitative estimate of drug-likeness (QED) is 0.547. The van der Waals surface area contributed by atoms with Crippen LogP contribution in [0.4, 0.5) is 0 Å². The van der Waals surface area contributed by atoms with Crippen LogP contribution in [0.1, 0.15) is 36.4 Å². The topological polar surface area (TPSA) is 81.5 Å². The Morgan fingerprint density at radius 2 is 1.42 bits per heavy atom. The van der Waals surface area contributed by atoms with Crippen molar-refractivity contribution in [3.8, 4) is 6.01 Å². The van der Waals surface area contributed by atoms with Gasteiger partial charge in [0.05, 0.1) is 6.61 Å². The first kappa shape index (κ1) is 22.4. The molecule has 3 rings (SSSR count). The molecule has 162 valence electrons. The zero-order valence-corrected chi connectivity index (χ0v) is 18.3. The van der Waals surface area contributed by atoms with Gasteiger partial charge < -0.3 is 14.6 Å². The number of aromatic nitrogens is 2. The van der Waals surface area contributed by atoms with Crippen LogP contribution in [0.25, 0.3) is 0 Å². The van der Waals surface area contributed by atoms with Gasteiger partial charge in [-0.25, -0.2) is 14.8 Å². The lowest BCUT2D eigenvalue weighted by Crippen LogP contribution is -2.51. The lowest BCUT2D eigenvalue weighted by molar-refractivity contribution is -0.165. The third-order valence-corrected chi connectivity index (χ3v) is 4.83. The summed E-state index contributed by atoms with van der Waals surface area (Å²) in [6.07, 6.45) is -1.42. The van der Waals surface area contributed by atoms with E-state index in [1.807, 2.05) is 88.4 Å². The predicted molar refractivity (Wildman–Crippen MR) is 118 cm³/mol. The minimum Gasteiger partial charge on any atom is -0.478 e. The van der Waals surface area contributed by atoms with Crippen molar-refractivity contribution in [2.75, 3.05) is 6.61 Å². The maximum atomic E-state index is 12.7. The van der Waals surface area contributed by atoms with Crippen molar-refractivity contribution in [1.82, 2.24) is 9.97 Å². The Morgan fingerprint density at radius 1 is 0.935 bits per heavy atom. The molecule has 0 spiro atoms. The number of ether oxygens (including phenoxy) is 2. The maximum Gasteiger partial charge on any atom is 0.348 e. The first-order chi connectivity index (χ1) is 14.8. The summed E-state index contributed by atoms with van der Waals surface area (Å²) in [5, 5.41) is 10.3. The Bertz CT molecular complexity index is 947. The molecule has 0 fully saturated rings. The molecule has 0 aliphatic heterocycles. The molecule has 0 amide bonds. The van der Waals surface area contributed by atoms with Gasteiger partial charge in [0.1, 0.15) is 0 Å². The SMILES string of the molecule is Cc1cc(C)nc(O[C@@H](C(=O)O)C(OCC(C)C)(c2ccccc2)c2ccccc2)n1. The minimum atomic E-state index is -1.42. The first-order valence-corrected chi connectivity index (χ1v) is 10.3. The molecule has 31 heavy (non-hydrogen) atoms. The van der Waals surface area contributed by atoms with E-state index in [-0.39, 0.29) is 11.9 Å². The molecule has 3 aromatic rings. The molecule has 2 aromatic carbocycles. The Morgan fingerprint density at radius 3 is 1.84 bits per heavy atom. The number of carboxylic acid groups (broad SMARTS) is 1. The van der Waals surface area contributed by atoms with Crippen LogP contribution in [0, 0.1) is 19.8 Å². The van der Waals surface area contributed by atoms with Gasteiger partial charge in [-0.3, -0.25) is 0 Å². The van der Waals surface area contributed by atoms with Crippen LogP contribution in [0.15, 0.2) is 66.7 Å². The van der Waals surface area contributed by atoms with E-state index in [4.69, 9.17) is 9.47 Å². The minimum absolute atomic E-state index is 0.00860. The number of rotatable bonds is 9. The molecule has 1 aromatic heterocycles. The fourth-order valence-electron chi connectivity index (χ4n) is 3.54. The van der Waals surface area contributed by atoms with Gasteiger partial charge in [-0.2, -0.15) is 0 Å². The standard InChI is InChI=1S/C25H28N2O4/c1-17(2)16-30-25(20-11-7-5-8-12-20,21-13-9-6-10-14-21)22(23(28)29)31-24-26-18(3)15-19(4)27-24/h5-15,17,22H,16H2,1-4H3,(H,28,29)/t22-/m0/s1. The highest BCUT2D eigenvalue weighted by Gasteiger charge is 2.50. The second-order valence-electron chi connectivity index (χ2n) is 7.94. The van der Waals surface area contributed by atoms with Gasteiger partial charge in [0.25, 0.3) is 0 Å². The van der Waals surface area contributed by atoms with Crippen molar-refractivity contribution in [3.63, 3.8) is 0 Å². The number of nitrogens with zero attached hydrogens (tertiary/aromatic N) is 2. The van der Waals surface area contributed by atoms with E-state index in [2.05, 4.69) is 9.97 Å². The summed E-state index contributed by atoms with van der Waals surface area (Å²) in [6.45, 7) is 8.00. The van der Waals surface area contributed by atoms with Gasteiger partial charge in [-0.05, 0) is 37.0 Å². The fourth-order valence-corrected chi connectivity index (χ4v) is 3.54. The number of hydrogen-bond donors (Lipinski definition) is 1. The highest BCUT2D eigenvalue weighted by Crippen LogP contribution is 2.39. The van der Waals surface area contributed by atoms with Crippen molar-refractivity contribution in [2.24, 2.45) is 5.92 Å². The Balaban J connectivity index is 2.23. The third-order valence-electron chi connectivity index (χ3n) is 4.83. The van der Waals surface area contributed by atoms with Crippen molar-refractivity contribution in [1.29, 1.82) is 0 Å². The monoisotopic (exact) mass is 420 g/mol.